The van der Waals surface area contributed by atoms with Gasteiger partial charge < -0.3 is 5.32 Å². The number of nitrogens with one attached hydrogen (secondary N) is 1. The first-order valence-electron chi connectivity index (χ1n) is 9.18. The highest BCUT2D eigenvalue weighted by atomic mass is 32.2. The van der Waals surface area contributed by atoms with Crippen LogP contribution in [0.25, 0.3) is 21.3 Å². The maximum atomic E-state index is 13.3. The lowest BCUT2D eigenvalue weighted by Gasteiger charge is -2.11. The van der Waals surface area contributed by atoms with Crippen LogP contribution < -0.4 is 10.9 Å². The predicted octanol–water partition coefficient (Wildman–Crippen LogP) is 4.44. The van der Waals surface area contributed by atoms with Gasteiger partial charge in [-0.1, -0.05) is 48.2 Å². The summed E-state index contributed by atoms with van der Waals surface area (Å²) in [5, 5.41) is 5.83. The van der Waals surface area contributed by atoms with Gasteiger partial charge in [0.2, 0.25) is 5.91 Å². The van der Waals surface area contributed by atoms with Gasteiger partial charge in [0.25, 0.3) is 5.56 Å². The summed E-state index contributed by atoms with van der Waals surface area (Å²) >= 11 is 2.66. The van der Waals surface area contributed by atoms with Gasteiger partial charge in [-0.25, -0.2) is 4.98 Å². The van der Waals surface area contributed by atoms with Gasteiger partial charge in [0.15, 0.2) is 5.16 Å². The van der Waals surface area contributed by atoms with Gasteiger partial charge in [0, 0.05) is 23.7 Å². The molecule has 0 radical (unpaired) electrons. The molecule has 0 fully saturated rings. The van der Waals surface area contributed by atoms with Gasteiger partial charge in [-0.3, -0.25) is 19.1 Å². The van der Waals surface area contributed by atoms with Crippen LogP contribution in [-0.4, -0.2) is 26.2 Å². The Bertz CT molecular complexity index is 1250. The lowest BCUT2D eigenvalue weighted by Crippen LogP contribution is -2.23. The van der Waals surface area contributed by atoms with Crippen LogP contribution in [0.2, 0.25) is 0 Å². The van der Waals surface area contributed by atoms with Crippen molar-refractivity contribution in [3.63, 3.8) is 0 Å². The zero-order chi connectivity index (χ0) is 20.9. The van der Waals surface area contributed by atoms with Crippen LogP contribution in [0, 0.1) is 0 Å². The lowest BCUT2D eigenvalue weighted by molar-refractivity contribution is -0.113. The number of allylic oxidation sites excluding steroid dienone is 1. The number of pyridine rings is 1. The molecular formula is C22H18N4O2S2. The topological polar surface area (TPSA) is 76.9 Å². The fraction of sp³-hybridized carbons (Fsp3) is 0.0909. The van der Waals surface area contributed by atoms with E-state index in [1.807, 2.05) is 35.7 Å². The molecule has 3 heterocycles. The Morgan fingerprint density at radius 1 is 1.23 bits per heavy atom. The van der Waals surface area contributed by atoms with Crippen molar-refractivity contribution in [1.82, 2.24) is 14.5 Å². The highest BCUT2D eigenvalue weighted by Gasteiger charge is 2.17. The number of thiophene rings is 1. The van der Waals surface area contributed by atoms with E-state index >= 15 is 0 Å². The van der Waals surface area contributed by atoms with Crippen molar-refractivity contribution < 1.29 is 4.79 Å². The van der Waals surface area contributed by atoms with Gasteiger partial charge in [0.1, 0.15) is 4.83 Å². The molecule has 0 aliphatic rings. The number of carbonyl (C=O) groups is 1. The van der Waals surface area contributed by atoms with Crippen molar-refractivity contribution >= 4 is 44.9 Å². The number of nitrogens with zero attached hydrogens (tertiary/aromatic N) is 3. The molecule has 0 saturated carbocycles. The Labute approximate surface area is 181 Å². The highest BCUT2D eigenvalue weighted by Crippen LogP contribution is 2.32. The van der Waals surface area contributed by atoms with E-state index < -0.39 is 0 Å². The first-order chi connectivity index (χ1) is 14.7. The number of benzene rings is 1. The SMILES string of the molecule is C=CCn1c(SCC(=O)Nc2cccnc2)nc2scc(-c3ccccc3)c2c1=O. The monoisotopic (exact) mass is 434 g/mol. The molecule has 0 aliphatic carbocycles. The van der Waals surface area contributed by atoms with Crippen molar-refractivity contribution in [1.29, 1.82) is 0 Å². The Balaban J connectivity index is 1.65. The molecule has 4 rings (SSSR count). The Morgan fingerprint density at radius 3 is 2.80 bits per heavy atom. The van der Waals surface area contributed by atoms with Crippen molar-refractivity contribution in [2.24, 2.45) is 0 Å². The second kappa shape index (κ2) is 9.06. The molecule has 0 spiro atoms. The zero-order valence-electron chi connectivity index (χ0n) is 15.9. The summed E-state index contributed by atoms with van der Waals surface area (Å²) in [6.45, 7) is 4.08. The Hall–Kier alpha value is -3.23. The van der Waals surface area contributed by atoms with Crippen molar-refractivity contribution in [2.75, 3.05) is 11.1 Å². The smallest absolute Gasteiger partial charge is 0.263 e. The summed E-state index contributed by atoms with van der Waals surface area (Å²) in [5.41, 5.74) is 2.34. The van der Waals surface area contributed by atoms with Crippen molar-refractivity contribution in [3.8, 4) is 11.1 Å². The van der Waals surface area contributed by atoms with Gasteiger partial charge in [-0.05, 0) is 17.7 Å². The fourth-order valence-corrected chi connectivity index (χ4v) is 4.80. The number of amides is 1. The molecule has 0 saturated heterocycles. The van der Waals surface area contributed by atoms with Crippen LogP contribution >= 0.6 is 23.1 Å². The van der Waals surface area contributed by atoms with Crippen LogP contribution in [0.15, 0.2) is 82.8 Å². The van der Waals surface area contributed by atoms with Crippen LogP contribution in [0.4, 0.5) is 5.69 Å². The van der Waals surface area contributed by atoms with Crippen LogP contribution in [0.1, 0.15) is 0 Å². The molecule has 1 amide bonds. The first kappa shape index (κ1) is 20.1. The van der Waals surface area contributed by atoms with Crippen molar-refractivity contribution in [3.05, 3.63) is 83.2 Å². The van der Waals surface area contributed by atoms with E-state index in [-0.39, 0.29) is 17.2 Å². The molecule has 0 atom stereocenters. The van der Waals surface area contributed by atoms with E-state index in [4.69, 9.17) is 0 Å². The van der Waals surface area contributed by atoms with E-state index in [0.29, 0.717) is 27.6 Å². The van der Waals surface area contributed by atoms with Crippen LogP contribution in [-0.2, 0) is 11.3 Å². The lowest BCUT2D eigenvalue weighted by atomic mass is 10.1. The van der Waals surface area contributed by atoms with E-state index in [2.05, 4.69) is 21.9 Å². The normalized spacial score (nSPS) is 10.8. The third-order valence-corrected chi connectivity index (χ3v) is 6.18. The maximum absolute atomic E-state index is 13.3. The molecule has 4 aromatic rings. The van der Waals surface area contributed by atoms with E-state index in [1.165, 1.54) is 23.1 Å². The molecule has 0 unspecified atom stereocenters. The van der Waals surface area contributed by atoms with Crippen LogP contribution in [0.3, 0.4) is 0 Å². The van der Waals surface area contributed by atoms with Gasteiger partial charge >= 0.3 is 0 Å². The minimum absolute atomic E-state index is 0.126. The molecule has 30 heavy (non-hydrogen) atoms. The largest absolute Gasteiger partial charge is 0.324 e. The van der Waals surface area contributed by atoms with Gasteiger partial charge in [-0.15, -0.1) is 17.9 Å². The molecule has 150 valence electrons. The number of hydrogen-bond acceptors (Lipinski definition) is 6. The summed E-state index contributed by atoms with van der Waals surface area (Å²) in [7, 11) is 0. The number of carbonyl (C=O) groups excluding carboxylic acids is 1. The minimum Gasteiger partial charge on any atom is -0.324 e. The second-order valence-corrected chi connectivity index (χ2v) is 8.17. The standard InChI is InChI=1S/C22H18N4O2S2/c1-2-11-26-21(28)19-17(15-7-4-3-5-8-15)13-29-20(19)25-22(26)30-14-18(27)24-16-9-6-10-23-12-16/h2-10,12-13H,1,11,14H2,(H,24,27). The molecule has 8 heteroatoms. The molecule has 1 N–H and O–H groups in total. The molecule has 1 aromatic carbocycles. The fourth-order valence-electron chi connectivity index (χ4n) is 3.00. The average Bonchev–Trinajstić information content (AvgIpc) is 3.20. The van der Waals surface area contributed by atoms with E-state index in [9.17, 15) is 9.59 Å². The Kier molecular flexibility index (Phi) is 6.06. The maximum Gasteiger partial charge on any atom is 0.263 e. The molecule has 6 nitrogen and oxygen atoms in total. The quantitative estimate of drug-likeness (QED) is 0.264. The number of aromatic nitrogens is 3. The molecule has 0 bridgehead atoms. The summed E-state index contributed by atoms with van der Waals surface area (Å²) in [4.78, 5) is 34.9. The third kappa shape index (κ3) is 4.19. The summed E-state index contributed by atoms with van der Waals surface area (Å²) < 4.78 is 1.57. The first-order valence-corrected chi connectivity index (χ1v) is 11.0. The molecular weight excluding hydrogens is 416 g/mol. The molecule has 0 aliphatic heterocycles. The summed E-state index contributed by atoms with van der Waals surface area (Å²) in [6.07, 6.45) is 4.88. The van der Waals surface area contributed by atoms with Gasteiger partial charge in [0.05, 0.1) is 23.0 Å². The highest BCUT2D eigenvalue weighted by molar-refractivity contribution is 7.99. The van der Waals surface area contributed by atoms with Crippen LogP contribution in [0.5, 0.6) is 0 Å². The predicted molar refractivity (Wildman–Crippen MR) is 123 cm³/mol. The van der Waals surface area contributed by atoms with E-state index in [1.54, 1.807) is 35.2 Å². The van der Waals surface area contributed by atoms with Crippen molar-refractivity contribution in [2.45, 2.75) is 11.7 Å². The number of thioether (sulfide) groups is 1. The molecule has 3 aromatic heterocycles. The number of anilines is 1. The van der Waals surface area contributed by atoms with E-state index in [0.717, 1.165) is 11.1 Å². The summed E-state index contributed by atoms with van der Waals surface area (Å²) in [6, 6.07) is 13.3. The average molecular weight is 435 g/mol. The number of rotatable bonds is 7. The number of hydrogen-bond donors (Lipinski definition) is 1. The minimum atomic E-state index is -0.191. The second-order valence-electron chi connectivity index (χ2n) is 6.37. The summed E-state index contributed by atoms with van der Waals surface area (Å²) in [5.74, 6) is -0.0652. The Morgan fingerprint density at radius 2 is 2.07 bits per heavy atom. The van der Waals surface area contributed by atoms with Gasteiger partial charge in [-0.2, -0.15) is 0 Å². The zero-order valence-corrected chi connectivity index (χ0v) is 17.6. The third-order valence-electron chi connectivity index (χ3n) is 4.33. The number of fused-ring (bicyclic) bond motifs is 1.